The van der Waals surface area contributed by atoms with Crippen LogP contribution < -0.4 is 16.2 Å². The van der Waals surface area contributed by atoms with Gasteiger partial charge in [0.2, 0.25) is 15.9 Å². The number of benzene rings is 1. The number of nitrogens with one attached hydrogen (secondary N) is 1. The van der Waals surface area contributed by atoms with Gasteiger partial charge in [-0.1, -0.05) is 6.07 Å². The highest BCUT2D eigenvalue weighted by Crippen LogP contribution is 2.24. The number of hydrogen-bond acceptors (Lipinski definition) is 4. The first-order valence-electron chi connectivity index (χ1n) is 5.89. The first kappa shape index (κ1) is 15.5. The fraction of sp³-hybridized carbons (Fsp3) is 0.417. The first-order chi connectivity index (χ1) is 8.75. The molecule has 0 aromatic heterocycles. The quantitative estimate of drug-likeness (QED) is 0.519. The van der Waals surface area contributed by atoms with Crippen molar-refractivity contribution in [1.29, 1.82) is 0 Å². The summed E-state index contributed by atoms with van der Waals surface area (Å²) in [4.78, 5) is 10.7. The van der Waals surface area contributed by atoms with Gasteiger partial charge < -0.3 is 11.5 Å². The lowest BCUT2D eigenvalue weighted by molar-refractivity contribution is -0.118. The Balaban J connectivity index is 2.89. The van der Waals surface area contributed by atoms with Crippen LogP contribution in [-0.2, 0) is 14.8 Å². The van der Waals surface area contributed by atoms with E-state index in [1.165, 1.54) is 0 Å². The van der Waals surface area contributed by atoms with Crippen molar-refractivity contribution < 1.29 is 13.2 Å². The maximum absolute atomic E-state index is 12.2. The SMILES string of the molecule is Cc1ccc(N)c(S(=O)(=O)NCCCC(N)=O)c1C. The summed E-state index contributed by atoms with van der Waals surface area (Å²) in [6, 6.07) is 3.34. The fourth-order valence-corrected chi connectivity index (χ4v) is 3.21. The van der Waals surface area contributed by atoms with Gasteiger partial charge in [-0.25, -0.2) is 13.1 Å². The van der Waals surface area contributed by atoms with Gasteiger partial charge in [-0.15, -0.1) is 0 Å². The Kier molecular flexibility index (Phi) is 4.90. The van der Waals surface area contributed by atoms with E-state index in [9.17, 15) is 13.2 Å². The summed E-state index contributed by atoms with van der Waals surface area (Å²) >= 11 is 0. The van der Waals surface area contributed by atoms with E-state index in [0.29, 0.717) is 12.0 Å². The summed E-state index contributed by atoms with van der Waals surface area (Å²) in [5, 5.41) is 0. The molecule has 0 aliphatic heterocycles. The number of carbonyl (C=O) groups is 1. The number of sulfonamides is 1. The van der Waals surface area contributed by atoms with Gasteiger partial charge in [0, 0.05) is 13.0 Å². The zero-order chi connectivity index (χ0) is 14.6. The highest BCUT2D eigenvalue weighted by molar-refractivity contribution is 7.89. The number of primary amides is 1. The number of aryl methyl sites for hydroxylation is 1. The normalized spacial score (nSPS) is 11.5. The molecule has 0 aliphatic rings. The summed E-state index contributed by atoms with van der Waals surface area (Å²) in [6.07, 6.45) is 0.504. The van der Waals surface area contributed by atoms with E-state index in [-0.39, 0.29) is 23.5 Å². The lowest BCUT2D eigenvalue weighted by Gasteiger charge is -2.13. The lowest BCUT2D eigenvalue weighted by Crippen LogP contribution is -2.27. The van der Waals surface area contributed by atoms with Crippen molar-refractivity contribution in [1.82, 2.24) is 4.72 Å². The monoisotopic (exact) mass is 285 g/mol. The van der Waals surface area contributed by atoms with E-state index in [0.717, 1.165) is 5.56 Å². The molecule has 7 heteroatoms. The third-order valence-electron chi connectivity index (χ3n) is 2.87. The second-order valence-corrected chi connectivity index (χ2v) is 6.10. The van der Waals surface area contributed by atoms with Gasteiger partial charge >= 0.3 is 0 Å². The molecule has 0 bridgehead atoms. The number of amides is 1. The Morgan fingerprint density at radius 2 is 1.95 bits per heavy atom. The van der Waals surface area contributed by atoms with Gasteiger partial charge in [0.15, 0.2) is 0 Å². The van der Waals surface area contributed by atoms with Crippen molar-refractivity contribution >= 4 is 21.6 Å². The molecule has 0 radical (unpaired) electrons. The third kappa shape index (κ3) is 3.93. The second-order valence-electron chi connectivity index (χ2n) is 4.39. The van der Waals surface area contributed by atoms with Crippen LogP contribution in [0.4, 0.5) is 5.69 Å². The maximum atomic E-state index is 12.2. The standard InChI is InChI=1S/C12H19N3O3S/c1-8-5-6-10(13)12(9(8)2)19(17,18)15-7-3-4-11(14)16/h5-6,15H,3-4,7,13H2,1-2H3,(H2,14,16). The first-order valence-corrected chi connectivity index (χ1v) is 7.37. The minimum Gasteiger partial charge on any atom is -0.398 e. The molecule has 0 atom stereocenters. The molecule has 0 unspecified atom stereocenters. The van der Waals surface area contributed by atoms with E-state index in [4.69, 9.17) is 11.5 Å². The van der Waals surface area contributed by atoms with E-state index in [2.05, 4.69) is 4.72 Å². The van der Waals surface area contributed by atoms with Gasteiger partial charge in [0.1, 0.15) is 4.90 Å². The van der Waals surface area contributed by atoms with Gasteiger partial charge in [-0.2, -0.15) is 0 Å². The van der Waals surface area contributed by atoms with Crippen molar-refractivity contribution in [3.63, 3.8) is 0 Å². The molecular weight excluding hydrogens is 266 g/mol. The lowest BCUT2D eigenvalue weighted by atomic mass is 10.1. The average Bonchev–Trinajstić information content (AvgIpc) is 2.29. The Bertz CT molecular complexity index is 582. The molecule has 0 saturated heterocycles. The van der Waals surface area contributed by atoms with Crippen molar-refractivity contribution in [3.05, 3.63) is 23.3 Å². The Morgan fingerprint density at radius 1 is 1.32 bits per heavy atom. The minimum absolute atomic E-state index is 0.103. The van der Waals surface area contributed by atoms with Crippen LogP contribution in [0.15, 0.2) is 17.0 Å². The maximum Gasteiger partial charge on any atom is 0.242 e. The van der Waals surface area contributed by atoms with Crippen LogP contribution in [0.1, 0.15) is 24.0 Å². The predicted molar refractivity (Wildman–Crippen MR) is 73.9 cm³/mol. The minimum atomic E-state index is -3.67. The molecular formula is C12H19N3O3S. The molecule has 106 valence electrons. The molecule has 0 saturated carbocycles. The largest absolute Gasteiger partial charge is 0.398 e. The van der Waals surface area contributed by atoms with E-state index >= 15 is 0 Å². The summed E-state index contributed by atoms with van der Waals surface area (Å²) in [6.45, 7) is 3.68. The smallest absolute Gasteiger partial charge is 0.242 e. The number of rotatable bonds is 6. The molecule has 0 heterocycles. The molecule has 1 amide bonds. The molecule has 0 aliphatic carbocycles. The summed E-state index contributed by atoms with van der Waals surface area (Å²) in [5.41, 5.74) is 12.4. The third-order valence-corrected chi connectivity index (χ3v) is 4.53. The van der Waals surface area contributed by atoms with Crippen LogP contribution in [-0.4, -0.2) is 20.9 Å². The fourth-order valence-electron chi connectivity index (χ4n) is 1.71. The Hall–Kier alpha value is -1.60. The molecule has 1 aromatic rings. The molecule has 1 rings (SSSR count). The molecule has 5 N–H and O–H groups in total. The molecule has 6 nitrogen and oxygen atoms in total. The predicted octanol–water partition coefficient (Wildman–Crippen LogP) is 0.429. The van der Waals surface area contributed by atoms with Crippen LogP contribution in [0.25, 0.3) is 0 Å². The van der Waals surface area contributed by atoms with E-state index in [1.54, 1.807) is 19.1 Å². The zero-order valence-electron chi connectivity index (χ0n) is 11.1. The molecule has 1 aromatic carbocycles. The topological polar surface area (TPSA) is 115 Å². The highest BCUT2D eigenvalue weighted by atomic mass is 32.2. The summed E-state index contributed by atoms with van der Waals surface area (Å²) in [7, 11) is -3.67. The van der Waals surface area contributed by atoms with Gasteiger partial charge in [-0.05, 0) is 37.5 Å². The highest BCUT2D eigenvalue weighted by Gasteiger charge is 2.20. The number of hydrogen-bond donors (Lipinski definition) is 3. The Labute approximate surface area is 113 Å². The number of nitrogen functional groups attached to an aromatic ring is 1. The molecule has 0 spiro atoms. The molecule has 19 heavy (non-hydrogen) atoms. The van der Waals surface area contributed by atoms with Crippen molar-refractivity contribution in [2.45, 2.75) is 31.6 Å². The van der Waals surface area contributed by atoms with Crippen LogP contribution >= 0.6 is 0 Å². The van der Waals surface area contributed by atoms with E-state index < -0.39 is 15.9 Å². The number of nitrogens with two attached hydrogens (primary N) is 2. The van der Waals surface area contributed by atoms with Crippen LogP contribution in [0.5, 0.6) is 0 Å². The van der Waals surface area contributed by atoms with Crippen molar-refractivity contribution in [3.8, 4) is 0 Å². The van der Waals surface area contributed by atoms with Crippen molar-refractivity contribution in [2.75, 3.05) is 12.3 Å². The summed E-state index contributed by atoms with van der Waals surface area (Å²) < 4.78 is 26.8. The van der Waals surface area contributed by atoms with Crippen molar-refractivity contribution in [2.24, 2.45) is 5.73 Å². The van der Waals surface area contributed by atoms with Gasteiger partial charge in [0.25, 0.3) is 0 Å². The van der Waals surface area contributed by atoms with Crippen LogP contribution in [0.2, 0.25) is 0 Å². The number of carbonyl (C=O) groups excluding carboxylic acids is 1. The van der Waals surface area contributed by atoms with Gasteiger partial charge in [-0.3, -0.25) is 4.79 Å². The summed E-state index contributed by atoms with van der Waals surface area (Å²) in [5.74, 6) is -0.453. The van der Waals surface area contributed by atoms with Crippen LogP contribution in [0, 0.1) is 13.8 Å². The number of anilines is 1. The molecule has 0 fully saturated rings. The average molecular weight is 285 g/mol. The van der Waals surface area contributed by atoms with Gasteiger partial charge in [0.05, 0.1) is 5.69 Å². The van der Waals surface area contributed by atoms with Crippen LogP contribution in [0.3, 0.4) is 0 Å². The zero-order valence-corrected chi connectivity index (χ0v) is 11.9. The second kappa shape index (κ2) is 6.03. The Morgan fingerprint density at radius 3 is 2.53 bits per heavy atom. The van der Waals surface area contributed by atoms with E-state index in [1.807, 2.05) is 6.92 Å².